The number of benzene rings is 1. The number of ketones is 1. The van der Waals surface area contributed by atoms with Crippen LogP contribution in [0.2, 0.25) is 0 Å². The Morgan fingerprint density at radius 2 is 1.86 bits per heavy atom. The van der Waals surface area contributed by atoms with E-state index < -0.39 is 23.1 Å². The van der Waals surface area contributed by atoms with Gasteiger partial charge in [-0.25, -0.2) is 4.39 Å². The number of hydrogen-bond donors (Lipinski definition) is 0. The minimum absolute atomic E-state index is 0.125. The fourth-order valence-electron chi connectivity index (χ4n) is 2.75. The summed E-state index contributed by atoms with van der Waals surface area (Å²) in [5.41, 5.74) is -0.814. The molecule has 1 heterocycles. The second-order valence-electron chi connectivity index (χ2n) is 4.94. The molecule has 21 heavy (non-hydrogen) atoms. The van der Waals surface area contributed by atoms with Gasteiger partial charge in [0.1, 0.15) is 5.82 Å². The molecule has 1 aromatic carbocycles. The van der Waals surface area contributed by atoms with Gasteiger partial charge in [-0.2, -0.15) is 10.5 Å². The van der Waals surface area contributed by atoms with Crippen molar-refractivity contribution in [3.8, 4) is 12.1 Å². The lowest BCUT2D eigenvalue weighted by atomic mass is 10.0. The number of nitriles is 2. The molecule has 2 aromatic rings. The van der Waals surface area contributed by atoms with Crippen molar-refractivity contribution in [2.45, 2.75) is 5.92 Å². The van der Waals surface area contributed by atoms with Crippen molar-refractivity contribution in [2.24, 2.45) is 11.3 Å². The van der Waals surface area contributed by atoms with E-state index in [-0.39, 0.29) is 11.5 Å². The lowest BCUT2D eigenvalue weighted by Crippen LogP contribution is -2.07. The Balaban J connectivity index is 2.00. The van der Waals surface area contributed by atoms with Gasteiger partial charge in [-0.3, -0.25) is 4.79 Å². The van der Waals surface area contributed by atoms with Crippen molar-refractivity contribution in [2.75, 3.05) is 0 Å². The van der Waals surface area contributed by atoms with Crippen molar-refractivity contribution >= 4 is 5.78 Å². The predicted molar refractivity (Wildman–Crippen MR) is 69.3 cm³/mol. The van der Waals surface area contributed by atoms with E-state index in [1.54, 1.807) is 6.07 Å². The minimum atomic E-state index is -1.41. The van der Waals surface area contributed by atoms with E-state index in [9.17, 15) is 19.7 Å². The van der Waals surface area contributed by atoms with Gasteiger partial charge in [-0.1, -0.05) is 12.1 Å². The lowest BCUT2D eigenvalue weighted by molar-refractivity contribution is 0.0930. The molecule has 0 radical (unpaired) electrons. The maximum atomic E-state index is 13.0. The van der Waals surface area contributed by atoms with Crippen LogP contribution in [0.1, 0.15) is 22.0 Å². The zero-order chi connectivity index (χ0) is 15.0. The normalized spacial score (nSPS) is 22.0. The van der Waals surface area contributed by atoms with Crippen LogP contribution in [0.5, 0.6) is 0 Å². The number of carbonyl (C=O) groups is 1. The van der Waals surface area contributed by atoms with Gasteiger partial charge in [0.05, 0.1) is 24.3 Å². The highest BCUT2D eigenvalue weighted by molar-refractivity contribution is 6.00. The highest BCUT2D eigenvalue weighted by Crippen LogP contribution is 2.65. The second kappa shape index (κ2) is 4.57. The quantitative estimate of drug-likeness (QED) is 0.809. The minimum Gasteiger partial charge on any atom is -0.461 e. The Hall–Kier alpha value is -2.92. The molecule has 1 aliphatic carbocycles. The molecule has 2 atom stereocenters. The van der Waals surface area contributed by atoms with Gasteiger partial charge < -0.3 is 4.42 Å². The van der Waals surface area contributed by atoms with Gasteiger partial charge in [0.15, 0.2) is 11.2 Å². The van der Waals surface area contributed by atoms with E-state index in [1.165, 1.54) is 36.6 Å². The average molecular weight is 280 g/mol. The van der Waals surface area contributed by atoms with Crippen LogP contribution in [-0.4, -0.2) is 5.78 Å². The number of Topliss-reactive ketones (excluding diaryl/α,β-unsaturated/α-hetero) is 1. The predicted octanol–water partition coefficient (Wildman–Crippen LogP) is 3.05. The number of furan rings is 1. The molecule has 1 fully saturated rings. The van der Waals surface area contributed by atoms with E-state index in [0.29, 0.717) is 5.56 Å². The molecule has 2 unspecified atom stereocenters. The van der Waals surface area contributed by atoms with Gasteiger partial charge in [-0.05, 0) is 29.8 Å². The van der Waals surface area contributed by atoms with Gasteiger partial charge in [0, 0.05) is 5.92 Å². The first-order valence-corrected chi connectivity index (χ1v) is 6.29. The Bertz CT molecular complexity index is 752. The van der Waals surface area contributed by atoms with E-state index in [2.05, 4.69) is 0 Å². The molecule has 0 aliphatic heterocycles. The van der Waals surface area contributed by atoms with E-state index in [1.807, 2.05) is 12.1 Å². The Morgan fingerprint density at radius 3 is 2.38 bits per heavy atom. The summed E-state index contributed by atoms with van der Waals surface area (Å²) < 4.78 is 18.0. The van der Waals surface area contributed by atoms with E-state index in [0.717, 1.165) is 0 Å². The fourth-order valence-corrected chi connectivity index (χ4v) is 2.75. The largest absolute Gasteiger partial charge is 0.461 e. The van der Waals surface area contributed by atoms with Crippen LogP contribution in [0, 0.1) is 39.8 Å². The first-order chi connectivity index (χ1) is 10.1. The molecule has 0 bridgehead atoms. The van der Waals surface area contributed by atoms with Crippen LogP contribution in [0.25, 0.3) is 0 Å². The topological polar surface area (TPSA) is 77.8 Å². The van der Waals surface area contributed by atoms with Crippen molar-refractivity contribution in [3.63, 3.8) is 0 Å². The molecule has 0 amide bonds. The molecular weight excluding hydrogens is 271 g/mol. The average Bonchev–Trinajstić information content (AvgIpc) is 2.87. The summed E-state index contributed by atoms with van der Waals surface area (Å²) in [6.07, 6.45) is 1.36. The highest BCUT2D eigenvalue weighted by Gasteiger charge is 2.71. The van der Waals surface area contributed by atoms with Crippen molar-refractivity contribution < 1.29 is 13.6 Å². The Kier molecular flexibility index (Phi) is 2.85. The first-order valence-electron chi connectivity index (χ1n) is 6.29. The lowest BCUT2D eigenvalue weighted by Gasteiger charge is -1.98. The zero-order valence-corrected chi connectivity index (χ0v) is 10.8. The molecule has 0 spiro atoms. The summed E-state index contributed by atoms with van der Waals surface area (Å²) in [6.45, 7) is 0. The molecule has 5 heteroatoms. The van der Waals surface area contributed by atoms with Gasteiger partial charge in [0.2, 0.25) is 5.78 Å². The van der Waals surface area contributed by atoms with Crippen LogP contribution >= 0.6 is 0 Å². The summed E-state index contributed by atoms with van der Waals surface area (Å²) in [4.78, 5) is 12.4. The Labute approximate surface area is 120 Å². The van der Waals surface area contributed by atoms with Crippen LogP contribution in [0.15, 0.2) is 47.1 Å². The van der Waals surface area contributed by atoms with Crippen molar-refractivity contribution in [3.05, 3.63) is 59.8 Å². The van der Waals surface area contributed by atoms with Crippen molar-refractivity contribution in [1.82, 2.24) is 0 Å². The monoisotopic (exact) mass is 280 g/mol. The second-order valence-corrected chi connectivity index (χ2v) is 4.94. The molecule has 0 N–H and O–H groups in total. The maximum Gasteiger partial charge on any atom is 0.204 e. The van der Waals surface area contributed by atoms with Gasteiger partial charge in [-0.15, -0.1) is 0 Å². The molecule has 1 saturated carbocycles. The summed E-state index contributed by atoms with van der Waals surface area (Å²) in [5.74, 6) is -2.01. The molecule has 3 rings (SSSR count). The molecule has 1 aromatic heterocycles. The van der Waals surface area contributed by atoms with Crippen LogP contribution in [-0.2, 0) is 0 Å². The summed E-state index contributed by atoms with van der Waals surface area (Å²) in [6, 6.07) is 12.5. The zero-order valence-electron chi connectivity index (χ0n) is 10.8. The number of rotatable bonds is 3. The Morgan fingerprint density at radius 1 is 1.19 bits per heavy atom. The molecule has 1 aliphatic rings. The number of hydrogen-bond acceptors (Lipinski definition) is 4. The summed E-state index contributed by atoms with van der Waals surface area (Å²) in [7, 11) is 0. The third kappa shape index (κ3) is 1.83. The number of carbonyl (C=O) groups excluding carboxylic acids is 1. The third-order valence-corrected chi connectivity index (χ3v) is 3.85. The molecule has 0 saturated heterocycles. The fraction of sp³-hybridized carbons (Fsp3) is 0.188. The first kappa shape index (κ1) is 13.1. The number of halogens is 1. The smallest absolute Gasteiger partial charge is 0.204 e. The molecule has 4 nitrogen and oxygen atoms in total. The van der Waals surface area contributed by atoms with E-state index in [4.69, 9.17) is 4.42 Å². The van der Waals surface area contributed by atoms with Gasteiger partial charge in [0.25, 0.3) is 0 Å². The van der Waals surface area contributed by atoms with Crippen molar-refractivity contribution in [1.29, 1.82) is 10.5 Å². The van der Waals surface area contributed by atoms with Gasteiger partial charge >= 0.3 is 0 Å². The summed E-state index contributed by atoms with van der Waals surface area (Å²) in [5, 5.41) is 18.7. The molecular formula is C16H9FN2O2. The SMILES string of the molecule is N#CC1(C#N)C(C(=O)c2ccco2)C1c1ccc(F)cc1. The molecule has 102 valence electrons. The third-order valence-electron chi connectivity index (χ3n) is 3.85. The highest BCUT2D eigenvalue weighted by atomic mass is 19.1. The number of nitrogens with zero attached hydrogens (tertiary/aromatic N) is 2. The maximum absolute atomic E-state index is 13.0. The van der Waals surface area contributed by atoms with Crippen LogP contribution in [0.4, 0.5) is 4.39 Å². The van der Waals surface area contributed by atoms with Crippen LogP contribution < -0.4 is 0 Å². The van der Waals surface area contributed by atoms with Crippen LogP contribution in [0.3, 0.4) is 0 Å². The summed E-state index contributed by atoms with van der Waals surface area (Å²) >= 11 is 0. The standard InChI is InChI=1S/C16H9FN2O2/c17-11-5-3-10(4-6-11)13-14(16(13,8-18)9-19)15(20)12-2-1-7-21-12/h1-7,13-14H. The van der Waals surface area contributed by atoms with E-state index >= 15 is 0 Å².